The van der Waals surface area contributed by atoms with Crippen molar-refractivity contribution in [3.8, 4) is 11.8 Å². The number of ketones is 1. The predicted octanol–water partition coefficient (Wildman–Crippen LogP) is 1.99. The van der Waals surface area contributed by atoms with Gasteiger partial charge in [0.15, 0.2) is 24.9 Å². The number of hydrogen-bond donors (Lipinski definition) is 0. The van der Waals surface area contributed by atoms with Crippen LogP contribution in [0.1, 0.15) is 23.0 Å². The fourth-order valence-corrected chi connectivity index (χ4v) is 3.54. The van der Waals surface area contributed by atoms with Gasteiger partial charge in [-0.2, -0.15) is 5.26 Å². The van der Waals surface area contributed by atoms with Crippen LogP contribution in [0.2, 0.25) is 0 Å². The maximum atomic E-state index is 12.2. The van der Waals surface area contributed by atoms with Gasteiger partial charge in [-0.05, 0) is 19.1 Å². The van der Waals surface area contributed by atoms with Crippen molar-refractivity contribution in [2.75, 3.05) is 24.7 Å². The van der Waals surface area contributed by atoms with Crippen LogP contribution in [-0.2, 0) is 19.1 Å². The minimum atomic E-state index is -1.06. The van der Waals surface area contributed by atoms with Gasteiger partial charge in [-0.1, -0.05) is 12.1 Å². The van der Waals surface area contributed by atoms with Crippen molar-refractivity contribution < 1.29 is 23.9 Å². The fraction of sp³-hybridized carbons (Fsp3) is 0.316. The molecule has 144 valence electrons. The minimum Gasteiger partial charge on any atom is -0.482 e. The number of para-hydroxylation sites is 2. The first-order valence-corrected chi connectivity index (χ1v) is 9.39. The second kappa shape index (κ2) is 8.63. The van der Waals surface area contributed by atoms with Crippen molar-refractivity contribution in [3.05, 3.63) is 40.3 Å². The van der Waals surface area contributed by atoms with Crippen molar-refractivity contribution in [1.29, 1.82) is 5.26 Å². The monoisotopic (exact) mass is 399 g/mol. The third-order valence-electron chi connectivity index (χ3n) is 4.06. The molecule has 3 rings (SSSR count). The Kier molecular flexibility index (Phi) is 6.01. The summed E-state index contributed by atoms with van der Waals surface area (Å²) >= 11 is 1.22. The molecule has 1 aliphatic heterocycles. The zero-order chi connectivity index (χ0) is 20.1. The van der Waals surface area contributed by atoms with E-state index in [9.17, 15) is 19.6 Å². The molecule has 0 fully saturated rings. The van der Waals surface area contributed by atoms with E-state index in [1.807, 2.05) is 6.07 Å². The highest BCUT2D eigenvalue weighted by Gasteiger charge is 2.27. The van der Waals surface area contributed by atoms with Crippen molar-refractivity contribution in [3.63, 3.8) is 0 Å². The van der Waals surface area contributed by atoms with Gasteiger partial charge in [0.05, 0.1) is 18.2 Å². The Morgan fingerprint density at radius 3 is 2.93 bits per heavy atom. The van der Waals surface area contributed by atoms with Crippen LogP contribution in [0.3, 0.4) is 0 Å². The van der Waals surface area contributed by atoms with E-state index in [-0.39, 0.29) is 25.5 Å². The second-order valence-corrected chi connectivity index (χ2v) is 6.96. The van der Waals surface area contributed by atoms with Gasteiger partial charge in [0.25, 0.3) is 5.91 Å². The molecule has 1 aliphatic rings. The molecule has 28 heavy (non-hydrogen) atoms. The lowest BCUT2D eigenvalue weighted by Gasteiger charge is -2.28. The van der Waals surface area contributed by atoms with E-state index in [4.69, 9.17) is 9.47 Å². The highest BCUT2D eigenvalue weighted by molar-refractivity contribution is 7.09. The molecule has 0 spiro atoms. The standard InChI is InChI=1S/C19H17N3O5S/c1-12-11-28-19(21-12)13(8-20)15(23)9-27-18(25)6-7-22-14-4-2-3-5-16(14)26-10-17(22)24/h2-5,11,13H,6-7,9-10H2,1H3/t13-/m0/s1. The van der Waals surface area contributed by atoms with E-state index in [0.717, 1.165) is 5.69 Å². The summed E-state index contributed by atoms with van der Waals surface area (Å²) < 4.78 is 10.3. The average molecular weight is 399 g/mol. The molecule has 1 aromatic heterocycles. The number of anilines is 1. The third-order valence-corrected chi connectivity index (χ3v) is 5.09. The summed E-state index contributed by atoms with van der Waals surface area (Å²) in [6.07, 6.45) is -0.0824. The van der Waals surface area contributed by atoms with E-state index in [1.165, 1.54) is 16.2 Å². The molecule has 8 nitrogen and oxygen atoms in total. The average Bonchev–Trinajstić information content (AvgIpc) is 3.12. The zero-order valence-electron chi connectivity index (χ0n) is 15.1. The molecular formula is C19H17N3O5S. The number of aryl methyl sites for hydroxylation is 1. The molecule has 1 atom stereocenters. The highest BCUT2D eigenvalue weighted by Crippen LogP contribution is 2.31. The minimum absolute atomic E-state index is 0.0824. The molecule has 0 saturated carbocycles. The molecule has 2 aromatic rings. The van der Waals surface area contributed by atoms with Crippen LogP contribution in [0, 0.1) is 18.3 Å². The number of rotatable bonds is 7. The molecule has 0 saturated heterocycles. The lowest BCUT2D eigenvalue weighted by atomic mass is 10.1. The smallest absolute Gasteiger partial charge is 0.308 e. The Bertz CT molecular complexity index is 949. The fourth-order valence-electron chi connectivity index (χ4n) is 2.68. The lowest BCUT2D eigenvalue weighted by Crippen LogP contribution is -2.40. The number of Topliss-reactive ketones (excluding diaryl/α,β-unsaturated/α-hetero) is 1. The number of ether oxygens (including phenoxy) is 2. The topological polar surface area (TPSA) is 110 Å². The Morgan fingerprint density at radius 2 is 2.21 bits per heavy atom. The molecule has 2 heterocycles. The second-order valence-electron chi connectivity index (χ2n) is 6.07. The number of carbonyl (C=O) groups excluding carboxylic acids is 3. The van der Waals surface area contributed by atoms with Crippen molar-refractivity contribution in [2.24, 2.45) is 0 Å². The zero-order valence-corrected chi connectivity index (χ0v) is 15.9. The van der Waals surface area contributed by atoms with Gasteiger partial charge < -0.3 is 14.4 Å². The predicted molar refractivity (Wildman–Crippen MR) is 100 cm³/mol. The van der Waals surface area contributed by atoms with Gasteiger partial charge in [-0.15, -0.1) is 11.3 Å². The lowest BCUT2D eigenvalue weighted by molar-refractivity contribution is -0.147. The summed E-state index contributed by atoms with van der Waals surface area (Å²) in [5, 5.41) is 11.4. The summed E-state index contributed by atoms with van der Waals surface area (Å²) in [6, 6.07) is 8.94. The summed E-state index contributed by atoms with van der Waals surface area (Å²) in [7, 11) is 0. The quantitative estimate of drug-likeness (QED) is 0.655. The third kappa shape index (κ3) is 4.35. The molecular weight excluding hydrogens is 382 g/mol. The molecule has 1 aromatic carbocycles. The van der Waals surface area contributed by atoms with Crippen LogP contribution in [-0.4, -0.2) is 42.4 Å². The molecule has 0 aliphatic carbocycles. The molecule has 9 heteroatoms. The Hall–Kier alpha value is -3.25. The normalized spacial score (nSPS) is 13.9. The van der Waals surface area contributed by atoms with Gasteiger partial charge in [0.1, 0.15) is 10.8 Å². The van der Waals surface area contributed by atoms with Crippen LogP contribution in [0.5, 0.6) is 5.75 Å². The number of esters is 1. The highest BCUT2D eigenvalue weighted by atomic mass is 32.1. The molecule has 0 N–H and O–H groups in total. The van der Waals surface area contributed by atoms with Crippen LogP contribution < -0.4 is 9.64 Å². The van der Waals surface area contributed by atoms with Gasteiger partial charge >= 0.3 is 5.97 Å². The maximum absolute atomic E-state index is 12.2. The van der Waals surface area contributed by atoms with Crippen molar-refractivity contribution >= 4 is 34.7 Å². The number of aromatic nitrogens is 1. The molecule has 0 unspecified atom stereocenters. The summed E-state index contributed by atoms with van der Waals surface area (Å²) in [6.45, 7) is 1.27. The number of carbonyl (C=O) groups is 3. The van der Waals surface area contributed by atoms with Gasteiger partial charge in [0, 0.05) is 17.6 Å². The Morgan fingerprint density at radius 1 is 1.43 bits per heavy atom. The van der Waals surface area contributed by atoms with Crippen LogP contribution in [0.15, 0.2) is 29.6 Å². The summed E-state index contributed by atoms with van der Waals surface area (Å²) in [4.78, 5) is 41.9. The number of nitriles is 1. The van der Waals surface area contributed by atoms with E-state index in [2.05, 4.69) is 4.98 Å². The summed E-state index contributed by atoms with van der Waals surface area (Å²) in [5.74, 6) is -1.90. The van der Waals surface area contributed by atoms with E-state index in [1.54, 1.807) is 36.6 Å². The SMILES string of the molecule is Cc1csc([C@@H](C#N)C(=O)COC(=O)CCN2C(=O)COc3ccccc32)n1. The van der Waals surface area contributed by atoms with Crippen molar-refractivity contribution in [2.45, 2.75) is 19.3 Å². The number of benzene rings is 1. The molecule has 0 radical (unpaired) electrons. The molecule has 0 bridgehead atoms. The van der Waals surface area contributed by atoms with Gasteiger partial charge in [-0.25, -0.2) is 4.98 Å². The molecule has 1 amide bonds. The number of nitrogens with zero attached hydrogens (tertiary/aromatic N) is 3. The van der Waals surface area contributed by atoms with Gasteiger partial charge in [0.2, 0.25) is 0 Å². The first kappa shape index (κ1) is 19.5. The number of hydrogen-bond acceptors (Lipinski definition) is 8. The van der Waals surface area contributed by atoms with E-state index < -0.39 is 24.3 Å². The number of fused-ring (bicyclic) bond motifs is 1. The Labute approximate surface area is 165 Å². The first-order valence-electron chi connectivity index (χ1n) is 8.51. The van der Waals surface area contributed by atoms with Gasteiger partial charge in [-0.3, -0.25) is 14.4 Å². The number of amides is 1. The van der Waals surface area contributed by atoms with Crippen LogP contribution >= 0.6 is 11.3 Å². The number of thiazole rings is 1. The van der Waals surface area contributed by atoms with E-state index >= 15 is 0 Å². The van der Waals surface area contributed by atoms with Crippen LogP contribution in [0.25, 0.3) is 0 Å². The Balaban J connectivity index is 1.53. The van der Waals surface area contributed by atoms with Crippen molar-refractivity contribution in [1.82, 2.24) is 4.98 Å². The largest absolute Gasteiger partial charge is 0.482 e. The maximum Gasteiger partial charge on any atom is 0.308 e. The van der Waals surface area contributed by atoms with E-state index in [0.29, 0.717) is 16.4 Å². The van der Waals surface area contributed by atoms with Crippen LogP contribution in [0.4, 0.5) is 5.69 Å². The summed E-state index contributed by atoms with van der Waals surface area (Å²) in [5.41, 5.74) is 1.31. The first-order chi connectivity index (χ1) is 13.5.